The molecule has 2 saturated heterocycles. The van der Waals surface area contributed by atoms with Gasteiger partial charge in [-0.05, 0) is 88.4 Å². The Hall–Kier alpha value is -2.28. The highest BCUT2D eigenvalue weighted by molar-refractivity contribution is 5.69. The summed E-state index contributed by atoms with van der Waals surface area (Å²) in [6.07, 6.45) is 8.40. The number of likely N-dealkylation sites (tertiary alicyclic amines) is 2. The number of carbonyl (C=O) groups excluding carboxylic acids is 2. The van der Waals surface area contributed by atoms with E-state index in [9.17, 15) is 9.59 Å². The molecular weight excluding hydrogens is 442 g/mol. The highest BCUT2D eigenvalue weighted by Gasteiger charge is 2.44. The van der Waals surface area contributed by atoms with Gasteiger partial charge in [0.1, 0.15) is 6.10 Å². The van der Waals surface area contributed by atoms with E-state index in [1.54, 1.807) is 0 Å². The first-order valence-electron chi connectivity index (χ1n) is 13.7. The van der Waals surface area contributed by atoms with E-state index in [0.717, 1.165) is 77.8 Å². The number of nitrogens with zero attached hydrogens (tertiary/aromatic N) is 3. The summed E-state index contributed by atoms with van der Waals surface area (Å²) in [6, 6.07) is 8.72. The minimum absolute atomic E-state index is 0.0211. The second-order valence-corrected chi connectivity index (χ2v) is 11.0. The van der Waals surface area contributed by atoms with Crippen molar-refractivity contribution in [3.8, 4) is 0 Å². The van der Waals surface area contributed by atoms with Crippen LogP contribution in [0.2, 0.25) is 0 Å². The number of hydrogen-bond donors (Lipinski definition) is 0. The third kappa shape index (κ3) is 5.45. The molecular formula is C28H41N3O4. The predicted octanol–water partition coefficient (Wildman–Crippen LogP) is 4.78. The molecule has 0 bridgehead atoms. The lowest BCUT2D eigenvalue weighted by Crippen LogP contribution is -2.54. The van der Waals surface area contributed by atoms with E-state index in [0.29, 0.717) is 19.1 Å². The fourth-order valence-corrected chi connectivity index (χ4v) is 6.71. The molecule has 0 aromatic heterocycles. The van der Waals surface area contributed by atoms with E-state index < -0.39 is 0 Å². The molecule has 0 unspecified atom stereocenters. The maximum Gasteiger partial charge on any atom is 0.410 e. The van der Waals surface area contributed by atoms with Crippen molar-refractivity contribution in [2.75, 3.05) is 45.9 Å². The summed E-state index contributed by atoms with van der Waals surface area (Å²) in [5.41, 5.74) is 2.74. The van der Waals surface area contributed by atoms with Crippen LogP contribution in [-0.2, 0) is 21.4 Å². The van der Waals surface area contributed by atoms with Crippen LogP contribution >= 0.6 is 0 Å². The summed E-state index contributed by atoms with van der Waals surface area (Å²) in [5.74, 6) is 0.631. The Morgan fingerprint density at radius 2 is 1.66 bits per heavy atom. The normalized spacial score (nSPS) is 23.3. The standard InChI is InChI=1S/C28H41N3O4/c1-2-34-26(32)30-15-11-22(12-16-30)19-29-17-13-28(14-18-29)21-31(20-23-7-3-6-10-25(23)28)27(33)35-24-8-4-5-9-24/h3,6-7,10,22,24H,2,4-5,8-9,11-21H2,1H3. The van der Waals surface area contributed by atoms with E-state index in [1.807, 2.05) is 16.7 Å². The first-order chi connectivity index (χ1) is 17.1. The molecule has 5 rings (SSSR count). The number of amides is 2. The van der Waals surface area contributed by atoms with Crippen molar-refractivity contribution >= 4 is 12.2 Å². The predicted molar refractivity (Wildman–Crippen MR) is 134 cm³/mol. The molecule has 1 aromatic rings. The van der Waals surface area contributed by atoms with Gasteiger partial charge in [0, 0.05) is 38.1 Å². The minimum atomic E-state index is -0.169. The van der Waals surface area contributed by atoms with Crippen molar-refractivity contribution < 1.29 is 19.1 Å². The molecule has 7 heteroatoms. The molecule has 2 amide bonds. The Labute approximate surface area is 209 Å². The van der Waals surface area contributed by atoms with Crippen molar-refractivity contribution in [2.45, 2.75) is 76.4 Å². The number of ether oxygens (including phenoxy) is 2. The van der Waals surface area contributed by atoms with Crippen LogP contribution in [0.1, 0.15) is 69.4 Å². The van der Waals surface area contributed by atoms with E-state index in [-0.39, 0.29) is 23.7 Å². The summed E-state index contributed by atoms with van der Waals surface area (Å²) in [6.45, 7) is 8.52. The van der Waals surface area contributed by atoms with E-state index in [1.165, 1.54) is 24.0 Å². The molecule has 3 aliphatic heterocycles. The molecule has 7 nitrogen and oxygen atoms in total. The minimum Gasteiger partial charge on any atom is -0.450 e. The topological polar surface area (TPSA) is 62.3 Å². The van der Waals surface area contributed by atoms with E-state index in [2.05, 4.69) is 29.2 Å². The molecule has 0 atom stereocenters. The Balaban J connectivity index is 1.18. The fourth-order valence-electron chi connectivity index (χ4n) is 6.71. The number of benzene rings is 1. The molecule has 1 saturated carbocycles. The molecule has 3 heterocycles. The highest BCUT2D eigenvalue weighted by Crippen LogP contribution is 2.42. The molecule has 35 heavy (non-hydrogen) atoms. The summed E-state index contributed by atoms with van der Waals surface area (Å²) in [4.78, 5) is 31.5. The Kier molecular flexibility index (Phi) is 7.51. The number of carbonyl (C=O) groups is 2. The van der Waals surface area contributed by atoms with Gasteiger partial charge in [-0.25, -0.2) is 9.59 Å². The summed E-state index contributed by atoms with van der Waals surface area (Å²) >= 11 is 0. The second-order valence-electron chi connectivity index (χ2n) is 11.0. The van der Waals surface area contributed by atoms with Gasteiger partial charge >= 0.3 is 12.2 Å². The van der Waals surface area contributed by atoms with Crippen LogP contribution < -0.4 is 0 Å². The third-order valence-corrected chi connectivity index (χ3v) is 8.74. The van der Waals surface area contributed by atoms with Crippen LogP contribution in [0.5, 0.6) is 0 Å². The molecule has 1 spiro atoms. The van der Waals surface area contributed by atoms with Gasteiger partial charge < -0.3 is 24.2 Å². The van der Waals surface area contributed by atoms with Gasteiger partial charge in [0.05, 0.1) is 6.61 Å². The molecule has 3 fully saturated rings. The zero-order valence-corrected chi connectivity index (χ0v) is 21.3. The maximum atomic E-state index is 13.1. The SMILES string of the molecule is CCOC(=O)N1CCC(CN2CCC3(CC2)CN(C(=O)OC2CCCC2)Cc2ccccc23)CC1. The van der Waals surface area contributed by atoms with Crippen LogP contribution in [0.15, 0.2) is 24.3 Å². The van der Waals surface area contributed by atoms with Crippen molar-refractivity contribution in [3.05, 3.63) is 35.4 Å². The Morgan fingerprint density at radius 3 is 2.37 bits per heavy atom. The maximum absolute atomic E-state index is 13.1. The van der Waals surface area contributed by atoms with Crippen molar-refractivity contribution in [2.24, 2.45) is 5.92 Å². The lowest BCUT2D eigenvalue weighted by atomic mass is 9.69. The average molecular weight is 484 g/mol. The van der Waals surface area contributed by atoms with Crippen molar-refractivity contribution in [1.29, 1.82) is 0 Å². The number of fused-ring (bicyclic) bond motifs is 2. The second kappa shape index (κ2) is 10.8. The lowest BCUT2D eigenvalue weighted by Gasteiger charge is -2.49. The molecule has 0 N–H and O–H groups in total. The first kappa shape index (κ1) is 24.4. The van der Waals surface area contributed by atoms with E-state index >= 15 is 0 Å². The van der Waals surface area contributed by atoms with Gasteiger partial charge in [0.25, 0.3) is 0 Å². The third-order valence-electron chi connectivity index (χ3n) is 8.74. The first-order valence-corrected chi connectivity index (χ1v) is 13.7. The Morgan fingerprint density at radius 1 is 0.943 bits per heavy atom. The van der Waals surface area contributed by atoms with Crippen LogP contribution in [-0.4, -0.2) is 78.9 Å². The van der Waals surface area contributed by atoms with Gasteiger partial charge in [-0.3, -0.25) is 0 Å². The Bertz CT molecular complexity index is 884. The van der Waals surface area contributed by atoms with Crippen LogP contribution in [0.4, 0.5) is 9.59 Å². The van der Waals surface area contributed by atoms with Gasteiger partial charge in [-0.2, -0.15) is 0 Å². The molecule has 192 valence electrons. The van der Waals surface area contributed by atoms with Crippen LogP contribution in [0.25, 0.3) is 0 Å². The largest absolute Gasteiger partial charge is 0.450 e. The van der Waals surface area contributed by atoms with Gasteiger partial charge in [0.15, 0.2) is 0 Å². The summed E-state index contributed by atoms with van der Waals surface area (Å²) < 4.78 is 11.1. The number of piperidine rings is 2. The average Bonchev–Trinajstić information content (AvgIpc) is 3.39. The van der Waals surface area contributed by atoms with Gasteiger partial charge in [0.2, 0.25) is 0 Å². The lowest BCUT2D eigenvalue weighted by molar-refractivity contribution is 0.0386. The number of rotatable bonds is 4. The van der Waals surface area contributed by atoms with Crippen molar-refractivity contribution in [1.82, 2.24) is 14.7 Å². The van der Waals surface area contributed by atoms with Crippen LogP contribution in [0.3, 0.4) is 0 Å². The zero-order valence-electron chi connectivity index (χ0n) is 21.3. The quantitative estimate of drug-likeness (QED) is 0.617. The molecule has 1 aromatic carbocycles. The zero-order chi connectivity index (χ0) is 24.3. The highest BCUT2D eigenvalue weighted by atomic mass is 16.6. The van der Waals surface area contributed by atoms with Gasteiger partial charge in [-0.1, -0.05) is 24.3 Å². The summed E-state index contributed by atoms with van der Waals surface area (Å²) in [7, 11) is 0. The monoisotopic (exact) mass is 483 g/mol. The van der Waals surface area contributed by atoms with Crippen LogP contribution in [0, 0.1) is 5.92 Å². The van der Waals surface area contributed by atoms with Gasteiger partial charge in [-0.15, -0.1) is 0 Å². The molecule has 1 aliphatic carbocycles. The molecule has 4 aliphatic rings. The van der Waals surface area contributed by atoms with E-state index in [4.69, 9.17) is 9.47 Å². The van der Waals surface area contributed by atoms with Crippen molar-refractivity contribution in [3.63, 3.8) is 0 Å². The smallest absolute Gasteiger partial charge is 0.410 e. The number of hydrogen-bond acceptors (Lipinski definition) is 5. The fraction of sp³-hybridized carbons (Fsp3) is 0.714. The summed E-state index contributed by atoms with van der Waals surface area (Å²) in [5, 5.41) is 0. The molecule has 0 radical (unpaired) electrons.